The van der Waals surface area contributed by atoms with Gasteiger partial charge in [-0.15, -0.1) is 0 Å². The second kappa shape index (κ2) is 5.01. The third kappa shape index (κ3) is 3.12. The van der Waals surface area contributed by atoms with E-state index in [9.17, 15) is 9.59 Å². The maximum Gasteiger partial charge on any atom is 0.310 e. The summed E-state index contributed by atoms with van der Waals surface area (Å²) in [5.41, 5.74) is 2.15. The highest BCUT2D eigenvalue weighted by Crippen LogP contribution is 2.23. The van der Waals surface area contributed by atoms with Gasteiger partial charge in [0.2, 0.25) is 5.91 Å². The van der Waals surface area contributed by atoms with Crippen LogP contribution in [0.2, 0.25) is 0 Å². The molecule has 0 saturated carbocycles. The summed E-state index contributed by atoms with van der Waals surface area (Å²) in [6.07, 6.45) is 0.420. The summed E-state index contributed by atoms with van der Waals surface area (Å²) in [6, 6.07) is 5.80. The number of carboxylic acids is 1. The van der Waals surface area contributed by atoms with Crippen molar-refractivity contribution in [3.8, 4) is 0 Å². The minimum atomic E-state index is -0.816. The smallest absolute Gasteiger partial charge is 0.310 e. The number of hydrogen-bond acceptors (Lipinski definition) is 3. The molecule has 5 nitrogen and oxygen atoms in total. The first kappa shape index (κ1) is 13.5. The number of carbonyl (C=O) groups excluding carboxylic acids is 1. The van der Waals surface area contributed by atoms with Crippen molar-refractivity contribution < 1.29 is 14.7 Å². The Kier molecular flexibility index (Phi) is 3.57. The van der Waals surface area contributed by atoms with Gasteiger partial charge in [0.05, 0.1) is 11.8 Å². The number of carbonyl (C=O) groups is 2. The molecule has 0 aromatic heterocycles. The Morgan fingerprint density at radius 3 is 2.89 bits per heavy atom. The number of carboxylic acid groups (broad SMARTS) is 1. The van der Waals surface area contributed by atoms with E-state index in [4.69, 9.17) is 5.11 Å². The molecule has 1 aromatic rings. The van der Waals surface area contributed by atoms with Crippen LogP contribution in [0.1, 0.15) is 25.0 Å². The molecule has 0 saturated heterocycles. The average Bonchev–Trinajstić information content (AvgIpc) is 2.68. The highest BCUT2D eigenvalue weighted by Gasteiger charge is 2.26. The maximum absolute atomic E-state index is 11.2. The van der Waals surface area contributed by atoms with Gasteiger partial charge in [0.15, 0.2) is 0 Å². The summed E-state index contributed by atoms with van der Waals surface area (Å²) < 4.78 is 0. The second-order valence-corrected chi connectivity index (χ2v) is 5.51. The molecule has 1 aliphatic rings. The first-order valence-corrected chi connectivity index (χ1v) is 6.24. The highest BCUT2D eigenvalue weighted by molar-refractivity contribution is 5.99. The summed E-state index contributed by atoms with van der Waals surface area (Å²) in [6.45, 7) is 4.37. The fourth-order valence-corrected chi connectivity index (χ4v) is 1.99. The number of aliphatic carboxylic acids is 1. The van der Waals surface area contributed by atoms with Crippen LogP contribution in [0.25, 0.3) is 0 Å². The predicted molar refractivity (Wildman–Crippen MR) is 71.9 cm³/mol. The lowest BCUT2D eigenvalue weighted by molar-refractivity contribution is -0.146. The Hall–Kier alpha value is -1.88. The normalized spacial score (nSPS) is 14.1. The van der Waals surface area contributed by atoms with Crippen LogP contribution in [-0.2, 0) is 22.6 Å². The molecular weight excluding hydrogens is 244 g/mol. The average molecular weight is 262 g/mol. The predicted octanol–water partition coefficient (Wildman–Crippen LogP) is 1.38. The van der Waals surface area contributed by atoms with Gasteiger partial charge in [-0.2, -0.15) is 0 Å². The molecular formula is C14H18N2O3. The molecule has 102 valence electrons. The van der Waals surface area contributed by atoms with Gasteiger partial charge < -0.3 is 15.7 Å². The van der Waals surface area contributed by atoms with Crippen molar-refractivity contribution >= 4 is 17.6 Å². The number of anilines is 1. The van der Waals surface area contributed by atoms with Gasteiger partial charge in [0.25, 0.3) is 0 Å². The van der Waals surface area contributed by atoms with Gasteiger partial charge >= 0.3 is 5.97 Å². The molecule has 0 bridgehead atoms. The molecule has 0 fully saturated rings. The minimum Gasteiger partial charge on any atom is -0.481 e. The van der Waals surface area contributed by atoms with Crippen LogP contribution in [0, 0.1) is 5.41 Å². The molecule has 5 heteroatoms. The van der Waals surface area contributed by atoms with Gasteiger partial charge in [-0.3, -0.25) is 9.59 Å². The molecule has 0 atom stereocenters. The Balaban J connectivity index is 1.93. The van der Waals surface area contributed by atoms with Crippen LogP contribution in [-0.4, -0.2) is 23.5 Å². The Labute approximate surface area is 112 Å². The van der Waals surface area contributed by atoms with Crippen LogP contribution < -0.4 is 10.6 Å². The van der Waals surface area contributed by atoms with Crippen molar-refractivity contribution in [3.63, 3.8) is 0 Å². The fraction of sp³-hybridized carbons (Fsp3) is 0.429. The second-order valence-electron chi connectivity index (χ2n) is 5.51. The third-order valence-corrected chi connectivity index (χ3v) is 3.27. The molecule has 2 rings (SSSR count). The van der Waals surface area contributed by atoms with E-state index in [0.29, 0.717) is 19.5 Å². The molecule has 0 radical (unpaired) electrons. The lowest BCUT2D eigenvalue weighted by Crippen LogP contribution is -2.35. The van der Waals surface area contributed by atoms with E-state index in [-0.39, 0.29) is 5.91 Å². The lowest BCUT2D eigenvalue weighted by Gasteiger charge is -2.19. The van der Waals surface area contributed by atoms with E-state index < -0.39 is 11.4 Å². The summed E-state index contributed by atoms with van der Waals surface area (Å²) in [5.74, 6) is -0.795. The van der Waals surface area contributed by atoms with Crippen LogP contribution in [0.15, 0.2) is 18.2 Å². The fourth-order valence-electron chi connectivity index (χ4n) is 1.99. The zero-order valence-electron chi connectivity index (χ0n) is 11.1. The van der Waals surface area contributed by atoms with E-state index in [1.54, 1.807) is 13.8 Å². The molecule has 1 amide bonds. The van der Waals surface area contributed by atoms with E-state index in [2.05, 4.69) is 10.6 Å². The molecule has 1 aliphatic heterocycles. The van der Waals surface area contributed by atoms with Crippen molar-refractivity contribution in [1.29, 1.82) is 0 Å². The number of rotatable bonds is 5. The number of benzene rings is 1. The van der Waals surface area contributed by atoms with Crippen LogP contribution >= 0.6 is 0 Å². The molecule has 0 unspecified atom stereocenters. The zero-order chi connectivity index (χ0) is 14.0. The highest BCUT2D eigenvalue weighted by atomic mass is 16.4. The van der Waals surface area contributed by atoms with E-state index in [1.807, 2.05) is 18.2 Å². The first-order chi connectivity index (χ1) is 8.88. The molecule has 0 aliphatic carbocycles. The Morgan fingerprint density at radius 2 is 2.21 bits per heavy atom. The van der Waals surface area contributed by atoms with Crippen LogP contribution in [0.4, 0.5) is 5.69 Å². The zero-order valence-corrected chi connectivity index (χ0v) is 11.1. The summed E-state index contributed by atoms with van der Waals surface area (Å²) >= 11 is 0. The SMILES string of the molecule is CC(C)(CNCc1ccc2c(c1)CC(=O)N2)C(=O)O. The summed E-state index contributed by atoms with van der Waals surface area (Å²) in [4.78, 5) is 22.2. The van der Waals surface area contributed by atoms with Crippen LogP contribution in [0.3, 0.4) is 0 Å². The number of hydrogen-bond donors (Lipinski definition) is 3. The number of amides is 1. The quantitative estimate of drug-likeness (QED) is 0.749. The van der Waals surface area contributed by atoms with E-state index in [0.717, 1.165) is 16.8 Å². The van der Waals surface area contributed by atoms with Crippen molar-refractivity contribution in [2.75, 3.05) is 11.9 Å². The van der Waals surface area contributed by atoms with Gasteiger partial charge in [0.1, 0.15) is 0 Å². The van der Waals surface area contributed by atoms with Crippen molar-refractivity contribution in [2.45, 2.75) is 26.8 Å². The minimum absolute atomic E-state index is 0.0205. The van der Waals surface area contributed by atoms with Gasteiger partial charge in [-0.25, -0.2) is 0 Å². The van der Waals surface area contributed by atoms with Crippen LogP contribution in [0.5, 0.6) is 0 Å². The van der Waals surface area contributed by atoms with E-state index in [1.165, 1.54) is 0 Å². The standard InChI is InChI=1S/C14H18N2O3/c1-14(2,13(18)19)8-15-7-9-3-4-11-10(5-9)6-12(17)16-11/h3-5,15H,6-8H2,1-2H3,(H,16,17)(H,18,19). The molecule has 0 spiro atoms. The largest absolute Gasteiger partial charge is 0.481 e. The topological polar surface area (TPSA) is 78.4 Å². The van der Waals surface area contributed by atoms with Crippen molar-refractivity contribution in [3.05, 3.63) is 29.3 Å². The monoisotopic (exact) mass is 262 g/mol. The molecule has 1 aromatic carbocycles. The van der Waals surface area contributed by atoms with Crippen molar-refractivity contribution in [2.24, 2.45) is 5.41 Å². The summed E-state index contributed by atoms with van der Waals surface area (Å²) in [7, 11) is 0. The molecule has 3 N–H and O–H groups in total. The molecule has 1 heterocycles. The number of nitrogens with one attached hydrogen (secondary N) is 2. The first-order valence-electron chi connectivity index (χ1n) is 6.24. The number of fused-ring (bicyclic) bond motifs is 1. The van der Waals surface area contributed by atoms with Gasteiger partial charge in [-0.1, -0.05) is 12.1 Å². The van der Waals surface area contributed by atoms with Gasteiger partial charge in [0, 0.05) is 18.8 Å². The maximum atomic E-state index is 11.2. The van der Waals surface area contributed by atoms with E-state index >= 15 is 0 Å². The van der Waals surface area contributed by atoms with Crippen molar-refractivity contribution in [1.82, 2.24) is 5.32 Å². The molecule has 19 heavy (non-hydrogen) atoms. The Morgan fingerprint density at radius 1 is 1.47 bits per heavy atom. The Bertz CT molecular complexity index is 523. The third-order valence-electron chi connectivity index (χ3n) is 3.27. The lowest BCUT2D eigenvalue weighted by atomic mass is 9.94. The van der Waals surface area contributed by atoms with Gasteiger partial charge in [-0.05, 0) is 31.0 Å². The summed E-state index contributed by atoms with van der Waals surface area (Å²) in [5, 5.41) is 14.9.